The first-order chi connectivity index (χ1) is 10.0. The van der Waals surface area contributed by atoms with Gasteiger partial charge in [0.05, 0.1) is 11.1 Å². The summed E-state index contributed by atoms with van der Waals surface area (Å²) in [7, 11) is -3.62. The fourth-order valence-corrected chi connectivity index (χ4v) is 3.29. The molecule has 0 saturated heterocycles. The number of oxazole rings is 1. The monoisotopic (exact) mass is 304 g/mol. The summed E-state index contributed by atoms with van der Waals surface area (Å²) in [5.74, 6) is 3.10. The van der Waals surface area contributed by atoms with Gasteiger partial charge in [0, 0.05) is 11.8 Å². The zero-order valence-electron chi connectivity index (χ0n) is 11.4. The summed E-state index contributed by atoms with van der Waals surface area (Å²) in [5.41, 5.74) is 1.11. The molecule has 0 amide bonds. The van der Waals surface area contributed by atoms with Crippen LogP contribution in [-0.4, -0.2) is 13.4 Å². The Morgan fingerprint density at radius 1 is 1.14 bits per heavy atom. The Morgan fingerprint density at radius 3 is 2.48 bits per heavy atom. The van der Waals surface area contributed by atoms with Crippen LogP contribution in [0.2, 0.25) is 0 Å². The molecule has 2 aliphatic carbocycles. The summed E-state index contributed by atoms with van der Waals surface area (Å²) in [6.45, 7) is 0. The Morgan fingerprint density at radius 2 is 1.86 bits per heavy atom. The Balaban J connectivity index is 1.50. The minimum absolute atomic E-state index is 0.149. The first-order valence-electron chi connectivity index (χ1n) is 7.11. The van der Waals surface area contributed by atoms with E-state index in [-0.39, 0.29) is 4.90 Å². The molecule has 21 heavy (non-hydrogen) atoms. The Bertz CT molecular complexity index is 776. The molecule has 2 N–H and O–H groups in total. The van der Waals surface area contributed by atoms with E-state index in [0.717, 1.165) is 23.6 Å². The van der Waals surface area contributed by atoms with Crippen molar-refractivity contribution in [1.82, 2.24) is 4.98 Å². The quantitative estimate of drug-likeness (QED) is 0.940. The Labute approximate surface area is 123 Å². The molecule has 2 atom stereocenters. The maximum Gasteiger partial charge on any atom is 0.238 e. The number of nitrogens with zero attached hydrogens (tertiary/aromatic N) is 1. The third kappa shape index (κ3) is 2.49. The summed E-state index contributed by atoms with van der Waals surface area (Å²) in [6, 6.07) is 6.78. The molecular weight excluding hydrogens is 288 g/mol. The first kappa shape index (κ1) is 13.0. The number of sulfonamides is 1. The van der Waals surface area contributed by atoms with Gasteiger partial charge < -0.3 is 4.42 Å². The molecule has 0 aliphatic heterocycles. The zero-order valence-corrected chi connectivity index (χ0v) is 12.2. The van der Waals surface area contributed by atoms with E-state index < -0.39 is 10.0 Å². The summed E-state index contributed by atoms with van der Waals surface area (Å²) >= 11 is 0. The van der Waals surface area contributed by atoms with Gasteiger partial charge in [-0.25, -0.2) is 18.5 Å². The van der Waals surface area contributed by atoms with Crippen LogP contribution in [0.4, 0.5) is 0 Å². The Kier molecular flexibility index (Phi) is 2.74. The molecule has 2 aliphatic rings. The highest BCUT2D eigenvalue weighted by Crippen LogP contribution is 2.55. The maximum atomic E-state index is 11.2. The number of benzene rings is 1. The van der Waals surface area contributed by atoms with Crippen molar-refractivity contribution in [1.29, 1.82) is 0 Å². The number of rotatable bonds is 4. The van der Waals surface area contributed by atoms with Crippen LogP contribution in [0, 0.1) is 0 Å². The van der Waals surface area contributed by atoms with Crippen molar-refractivity contribution in [2.75, 3.05) is 0 Å². The summed E-state index contributed by atoms with van der Waals surface area (Å²) < 4.78 is 28.3. The van der Waals surface area contributed by atoms with Gasteiger partial charge in [-0.05, 0) is 42.9 Å². The van der Waals surface area contributed by atoms with E-state index in [1.54, 1.807) is 12.1 Å². The fourth-order valence-electron chi connectivity index (χ4n) is 2.77. The van der Waals surface area contributed by atoms with Crippen molar-refractivity contribution < 1.29 is 12.8 Å². The predicted molar refractivity (Wildman–Crippen MR) is 76.4 cm³/mol. The molecule has 0 unspecified atom stereocenters. The lowest BCUT2D eigenvalue weighted by molar-refractivity contribution is 0.455. The summed E-state index contributed by atoms with van der Waals surface area (Å²) in [4.78, 5) is 4.54. The van der Waals surface area contributed by atoms with Crippen LogP contribution in [0.5, 0.6) is 0 Å². The van der Waals surface area contributed by atoms with Gasteiger partial charge in [0.2, 0.25) is 10.0 Å². The largest absolute Gasteiger partial charge is 0.445 e. The number of primary sulfonamides is 1. The van der Waals surface area contributed by atoms with Crippen molar-refractivity contribution in [2.24, 2.45) is 5.14 Å². The zero-order chi connectivity index (χ0) is 14.6. The second-order valence-corrected chi connectivity index (χ2v) is 7.50. The minimum atomic E-state index is -3.62. The van der Waals surface area contributed by atoms with Crippen molar-refractivity contribution >= 4 is 10.0 Å². The molecule has 6 heteroatoms. The highest BCUT2D eigenvalue weighted by atomic mass is 32.2. The normalized spacial score (nSPS) is 25.0. The second-order valence-electron chi connectivity index (χ2n) is 5.94. The third-order valence-electron chi connectivity index (χ3n) is 4.27. The SMILES string of the molecule is NS(=O)(=O)c1ccc([C@@H]2C[C@H]2c2ncc(C3CC3)o2)cc1. The lowest BCUT2D eigenvalue weighted by Crippen LogP contribution is -2.11. The lowest BCUT2D eigenvalue weighted by atomic mass is 10.1. The number of hydrogen-bond acceptors (Lipinski definition) is 4. The van der Waals surface area contributed by atoms with Crippen molar-refractivity contribution in [2.45, 2.75) is 41.9 Å². The highest BCUT2D eigenvalue weighted by molar-refractivity contribution is 7.89. The van der Waals surface area contributed by atoms with Gasteiger partial charge in [0.15, 0.2) is 5.89 Å². The van der Waals surface area contributed by atoms with Crippen LogP contribution in [0.3, 0.4) is 0 Å². The molecule has 4 rings (SSSR count). The van der Waals surface area contributed by atoms with Crippen molar-refractivity contribution in [3.8, 4) is 0 Å². The number of nitrogens with two attached hydrogens (primary N) is 1. The second kappa shape index (κ2) is 4.42. The van der Waals surface area contributed by atoms with E-state index in [9.17, 15) is 8.42 Å². The molecule has 1 heterocycles. The molecule has 2 saturated carbocycles. The van der Waals surface area contributed by atoms with Crippen LogP contribution in [0.25, 0.3) is 0 Å². The van der Waals surface area contributed by atoms with Gasteiger partial charge in [-0.2, -0.15) is 0 Å². The van der Waals surface area contributed by atoms with Crippen molar-refractivity contribution in [3.63, 3.8) is 0 Å². The number of aromatic nitrogens is 1. The maximum absolute atomic E-state index is 11.2. The van der Waals surface area contributed by atoms with Crippen LogP contribution in [-0.2, 0) is 10.0 Å². The van der Waals surface area contributed by atoms with Gasteiger partial charge in [-0.1, -0.05) is 12.1 Å². The van der Waals surface area contributed by atoms with Gasteiger partial charge in [0.25, 0.3) is 0 Å². The summed E-state index contributed by atoms with van der Waals surface area (Å²) in [6.07, 6.45) is 5.27. The molecule has 2 aromatic rings. The molecule has 5 nitrogen and oxygen atoms in total. The lowest BCUT2D eigenvalue weighted by Gasteiger charge is -2.01. The molecule has 0 bridgehead atoms. The van der Waals surface area contributed by atoms with Gasteiger partial charge in [-0.3, -0.25) is 0 Å². The average Bonchev–Trinajstić information content (AvgIpc) is 3.37. The average molecular weight is 304 g/mol. The van der Waals surface area contributed by atoms with Gasteiger partial charge in [-0.15, -0.1) is 0 Å². The van der Waals surface area contributed by atoms with Crippen molar-refractivity contribution in [3.05, 3.63) is 47.7 Å². The van der Waals surface area contributed by atoms with E-state index >= 15 is 0 Å². The smallest absolute Gasteiger partial charge is 0.238 e. The number of hydrogen-bond donors (Lipinski definition) is 1. The van der Waals surface area contributed by atoms with Crippen LogP contribution in [0.1, 0.15) is 54.2 Å². The molecule has 0 radical (unpaired) electrons. The predicted octanol–water partition coefficient (Wildman–Crippen LogP) is 2.47. The van der Waals surface area contributed by atoms with E-state index in [1.807, 2.05) is 18.3 Å². The minimum Gasteiger partial charge on any atom is -0.445 e. The van der Waals surface area contributed by atoms with E-state index in [2.05, 4.69) is 4.98 Å². The van der Waals surface area contributed by atoms with Crippen LogP contribution in [0.15, 0.2) is 39.8 Å². The topological polar surface area (TPSA) is 86.2 Å². The van der Waals surface area contributed by atoms with Crippen LogP contribution >= 0.6 is 0 Å². The standard InChI is InChI=1S/C15H16N2O3S/c16-21(18,19)11-5-3-9(4-6-11)12-7-13(12)15-17-8-14(20-15)10-1-2-10/h3-6,8,10,12-13H,1-2,7H2,(H2,16,18,19)/t12-,13+/m0/s1. The molecule has 0 spiro atoms. The molecule has 2 fully saturated rings. The van der Waals surface area contributed by atoms with E-state index in [4.69, 9.17) is 9.56 Å². The molecule has 1 aromatic heterocycles. The molecule has 110 valence electrons. The van der Waals surface area contributed by atoms with Crippen LogP contribution < -0.4 is 5.14 Å². The molecular formula is C15H16N2O3S. The summed E-state index contributed by atoms with van der Waals surface area (Å²) in [5, 5.41) is 5.10. The van der Waals surface area contributed by atoms with Gasteiger partial charge >= 0.3 is 0 Å². The van der Waals surface area contributed by atoms with E-state index in [0.29, 0.717) is 17.8 Å². The fraction of sp³-hybridized carbons (Fsp3) is 0.400. The van der Waals surface area contributed by atoms with Gasteiger partial charge in [0.1, 0.15) is 5.76 Å². The first-order valence-corrected chi connectivity index (χ1v) is 8.65. The Hall–Kier alpha value is -1.66. The third-order valence-corrected chi connectivity index (χ3v) is 5.19. The molecule has 1 aromatic carbocycles. The highest BCUT2D eigenvalue weighted by Gasteiger charge is 2.43. The van der Waals surface area contributed by atoms with E-state index in [1.165, 1.54) is 12.8 Å².